The molecule has 0 atom stereocenters. The van der Waals surface area contributed by atoms with Gasteiger partial charge in [0.05, 0.1) is 0 Å². The number of para-hydroxylation sites is 1. The number of rotatable bonds is 9. The van der Waals surface area contributed by atoms with E-state index in [9.17, 15) is 9.59 Å². The molecule has 5 heteroatoms. The Bertz CT molecular complexity index is 2000. The number of carbonyl (C=O) groups excluding carboxylic acids is 2. The second-order valence-corrected chi connectivity index (χ2v) is 9.95. The molecule has 0 aromatic heterocycles. The van der Waals surface area contributed by atoms with E-state index < -0.39 is 11.6 Å². The van der Waals surface area contributed by atoms with Gasteiger partial charge in [-0.15, -0.1) is 0 Å². The molecule has 0 N–H and O–H groups in total. The molecule has 0 fully saturated rings. The van der Waals surface area contributed by atoms with Crippen molar-refractivity contribution in [1.29, 1.82) is 0 Å². The quantitative estimate of drug-likeness (QED) is 0.0959. The molecular formula is C40H26O5. The summed E-state index contributed by atoms with van der Waals surface area (Å²) in [7, 11) is 0. The number of ketones is 2. The van der Waals surface area contributed by atoms with Crippen LogP contribution in [-0.2, 0) is 0 Å². The summed E-state index contributed by atoms with van der Waals surface area (Å²) < 4.78 is 18.0. The highest BCUT2D eigenvalue weighted by atomic mass is 16.5. The van der Waals surface area contributed by atoms with E-state index in [0.29, 0.717) is 39.9 Å². The van der Waals surface area contributed by atoms with Gasteiger partial charge < -0.3 is 14.2 Å². The molecule has 6 aromatic carbocycles. The van der Waals surface area contributed by atoms with E-state index in [-0.39, 0.29) is 0 Å². The Hall–Kier alpha value is -6.38. The number of Topliss-reactive ketones (excluding diaryl/α,β-unsaturated/α-hetero) is 2. The van der Waals surface area contributed by atoms with Crippen LogP contribution in [0, 0.1) is 11.8 Å². The average molecular weight is 587 g/mol. The SMILES string of the molecule is O=C(C(=O)c1ccc(Oc2cccc(C#Cc3cccc(Oc4cccc(Oc5ccccc5)c4)c3)c2)cc1)c1ccccc1. The lowest BCUT2D eigenvalue weighted by atomic mass is 10.0. The summed E-state index contributed by atoms with van der Waals surface area (Å²) in [5.74, 6) is 9.12. The van der Waals surface area contributed by atoms with E-state index in [1.54, 1.807) is 54.6 Å². The minimum absolute atomic E-state index is 0.301. The van der Waals surface area contributed by atoms with Crippen LogP contribution in [0.1, 0.15) is 31.8 Å². The van der Waals surface area contributed by atoms with Crippen molar-refractivity contribution in [1.82, 2.24) is 0 Å². The third-order valence-corrected chi connectivity index (χ3v) is 6.63. The Morgan fingerprint density at radius 3 is 1.27 bits per heavy atom. The van der Waals surface area contributed by atoms with Gasteiger partial charge in [-0.05, 0) is 84.9 Å². The van der Waals surface area contributed by atoms with E-state index in [1.165, 1.54) is 0 Å². The summed E-state index contributed by atoms with van der Waals surface area (Å²) in [5.41, 5.74) is 2.22. The lowest BCUT2D eigenvalue weighted by Crippen LogP contribution is -2.14. The summed E-state index contributed by atoms with van der Waals surface area (Å²) >= 11 is 0. The smallest absolute Gasteiger partial charge is 0.233 e. The van der Waals surface area contributed by atoms with Crippen molar-refractivity contribution in [2.24, 2.45) is 0 Å². The Morgan fingerprint density at radius 1 is 0.356 bits per heavy atom. The zero-order chi connectivity index (χ0) is 30.8. The lowest BCUT2D eigenvalue weighted by Gasteiger charge is -2.09. The first-order chi connectivity index (χ1) is 22.1. The predicted molar refractivity (Wildman–Crippen MR) is 174 cm³/mol. The van der Waals surface area contributed by atoms with Gasteiger partial charge in [-0.3, -0.25) is 9.59 Å². The average Bonchev–Trinajstić information content (AvgIpc) is 3.08. The van der Waals surface area contributed by atoms with Gasteiger partial charge >= 0.3 is 0 Å². The van der Waals surface area contributed by atoms with Crippen molar-refractivity contribution in [2.75, 3.05) is 0 Å². The van der Waals surface area contributed by atoms with Crippen LogP contribution in [0.5, 0.6) is 34.5 Å². The van der Waals surface area contributed by atoms with Crippen molar-refractivity contribution in [3.8, 4) is 46.3 Å². The topological polar surface area (TPSA) is 61.8 Å². The first kappa shape index (κ1) is 28.7. The van der Waals surface area contributed by atoms with Gasteiger partial charge in [-0.2, -0.15) is 0 Å². The molecular weight excluding hydrogens is 560 g/mol. The fourth-order valence-corrected chi connectivity index (χ4v) is 4.44. The molecule has 0 saturated carbocycles. The van der Waals surface area contributed by atoms with Crippen molar-refractivity contribution in [2.45, 2.75) is 0 Å². The second kappa shape index (κ2) is 13.7. The van der Waals surface area contributed by atoms with Gasteiger partial charge in [-0.1, -0.05) is 78.6 Å². The summed E-state index contributed by atoms with van der Waals surface area (Å²) in [6.07, 6.45) is 0. The van der Waals surface area contributed by atoms with Crippen LogP contribution < -0.4 is 14.2 Å². The van der Waals surface area contributed by atoms with E-state index in [1.807, 2.05) is 103 Å². The van der Waals surface area contributed by atoms with Crippen molar-refractivity contribution in [3.63, 3.8) is 0 Å². The molecule has 0 spiro atoms. The minimum atomic E-state index is -0.565. The molecule has 0 radical (unpaired) electrons. The van der Waals surface area contributed by atoms with Crippen molar-refractivity contribution >= 4 is 11.6 Å². The number of benzene rings is 6. The monoisotopic (exact) mass is 586 g/mol. The van der Waals surface area contributed by atoms with Crippen LogP contribution >= 0.6 is 0 Å². The van der Waals surface area contributed by atoms with Gasteiger partial charge in [0, 0.05) is 28.3 Å². The number of hydrogen-bond acceptors (Lipinski definition) is 5. The molecule has 45 heavy (non-hydrogen) atoms. The molecule has 0 saturated heterocycles. The Labute approximate surface area is 261 Å². The fraction of sp³-hybridized carbons (Fsp3) is 0. The number of ether oxygens (including phenoxy) is 3. The number of carbonyl (C=O) groups is 2. The highest BCUT2D eigenvalue weighted by Gasteiger charge is 2.18. The third kappa shape index (κ3) is 7.72. The molecule has 0 bridgehead atoms. The largest absolute Gasteiger partial charge is 0.457 e. The highest BCUT2D eigenvalue weighted by molar-refractivity contribution is 6.49. The summed E-state index contributed by atoms with van der Waals surface area (Å²) in [6.45, 7) is 0. The van der Waals surface area contributed by atoms with Gasteiger partial charge in [-0.25, -0.2) is 0 Å². The van der Waals surface area contributed by atoms with Crippen LogP contribution in [-0.4, -0.2) is 11.6 Å². The normalized spacial score (nSPS) is 10.2. The minimum Gasteiger partial charge on any atom is -0.457 e. The highest BCUT2D eigenvalue weighted by Crippen LogP contribution is 2.29. The van der Waals surface area contributed by atoms with Gasteiger partial charge in [0.1, 0.15) is 34.5 Å². The first-order valence-corrected chi connectivity index (χ1v) is 14.2. The molecule has 0 unspecified atom stereocenters. The van der Waals surface area contributed by atoms with Crippen LogP contribution in [0.25, 0.3) is 0 Å². The fourth-order valence-electron chi connectivity index (χ4n) is 4.44. The molecule has 0 heterocycles. The molecule has 6 aromatic rings. The van der Waals surface area contributed by atoms with E-state index in [4.69, 9.17) is 14.2 Å². The third-order valence-electron chi connectivity index (χ3n) is 6.63. The van der Waals surface area contributed by atoms with E-state index in [0.717, 1.165) is 16.9 Å². The molecule has 5 nitrogen and oxygen atoms in total. The Morgan fingerprint density at radius 2 is 0.733 bits per heavy atom. The molecule has 6 rings (SSSR count). The van der Waals surface area contributed by atoms with Gasteiger partial charge in [0.15, 0.2) is 0 Å². The maximum absolute atomic E-state index is 12.6. The number of hydrogen-bond donors (Lipinski definition) is 0. The lowest BCUT2D eigenvalue weighted by molar-refractivity contribution is 0.0817. The van der Waals surface area contributed by atoms with Crippen LogP contribution in [0.15, 0.2) is 158 Å². The summed E-state index contributed by atoms with van der Waals surface area (Å²) in [4.78, 5) is 25.1. The summed E-state index contributed by atoms with van der Waals surface area (Å²) in [6, 6.07) is 47.1. The molecule has 216 valence electrons. The van der Waals surface area contributed by atoms with Crippen LogP contribution in [0.2, 0.25) is 0 Å². The molecule has 0 aliphatic rings. The standard InChI is InChI=1S/C40H26O5/c41-39(31-12-3-1-4-13-31)40(42)32-22-24-34(25-23-32)44-35-16-7-10-29(26-35)20-21-30-11-8-17-36(27-30)45-38-19-9-18-37(28-38)43-33-14-5-2-6-15-33/h1-19,22-28H. The Kier molecular flexibility index (Phi) is 8.76. The molecule has 0 amide bonds. The van der Waals surface area contributed by atoms with E-state index in [2.05, 4.69) is 11.8 Å². The first-order valence-electron chi connectivity index (χ1n) is 14.2. The van der Waals surface area contributed by atoms with Crippen molar-refractivity contribution < 1.29 is 23.8 Å². The van der Waals surface area contributed by atoms with Crippen molar-refractivity contribution in [3.05, 3.63) is 180 Å². The summed E-state index contributed by atoms with van der Waals surface area (Å²) in [5, 5.41) is 0. The molecule has 0 aliphatic heterocycles. The van der Waals surface area contributed by atoms with Crippen LogP contribution in [0.4, 0.5) is 0 Å². The maximum Gasteiger partial charge on any atom is 0.233 e. The maximum atomic E-state index is 12.6. The zero-order valence-electron chi connectivity index (χ0n) is 24.1. The second-order valence-electron chi connectivity index (χ2n) is 9.95. The molecule has 0 aliphatic carbocycles. The predicted octanol–water partition coefficient (Wildman–Crippen LogP) is 9.53. The zero-order valence-corrected chi connectivity index (χ0v) is 24.1. The van der Waals surface area contributed by atoms with E-state index >= 15 is 0 Å². The Balaban J connectivity index is 1.09. The van der Waals surface area contributed by atoms with Gasteiger partial charge in [0.2, 0.25) is 11.6 Å². The van der Waals surface area contributed by atoms with Crippen LogP contribution in [0.3, 0.4) is 0 Å². The van der Waals surface area contributed by atoms with Gasteiger partial charge in [0.25, 0.3) is 0 Å².